The molecule has 1 atom stereocenters. The molecule has 1 aromatic heterocycles. The van der Waals surface area contributed by atoms with Crippen LogP contribution in [0.25, 0.3) is 0 Å². The molecule has 1 N–H and O–H groups in total. The molecule has 0 fully saturated rings. The van der Waals surface area contributed by atoms with Gasteiger partial charge in [0.15, 0.2) is 0 Å². The Morgan fingerprint density at radius 3 is 2.81 bits per heavy atom. The number of hydrogen-bond acceptors (Lipinski definition) is 2. The van der Waals surface area contributed by atoms with Crippen molar-refractivity contribution in [1.29, 1.82) is 0 Å². The fourth-order valence-corrected chi connectivity index (χ4v) is 1.81. The van der Waals surface area contributed by atoms with Crippen LogP contribution in [0, 0.1) is 18.8 Å². The van der Waals surface area contributed by atoms with Gasteiger partial charge in [-0.15, -0.1) is 11.8 Å². The van der Waals surface area contributed by atoms with Crippen molar-refractivity contribution in [2.75, 3.05) is 6.54 Å². The molecule has 0 radical (unpaired) electrons. The van der Waals surface area contributed by atoms with E-state index in [1.54, 1.807) is 0 Å². The van der Waals surface area contributed by atoms with Crippen LogP contribution < -0.4 is 5.32 Å². The Hall–Kier alpha value is -1.27. The molecule has 0 spiro atoms. The van der Waals surface area contributed by atoms with Gasteiger partial charge in [0, 0.05) is 30.8 Å². The lowest BCUT2D eigenvalue weighted by Crippen LogP contribution is -2.21. The fraction of sp³-hybridized carbons (Fsp3) is 0.615. The summed E-state index contributed by atoms with van der Waals surface area (Å²) in [6.45, 7) is 7.10. The van der Waals surface area contributed by atoms with Crippen molar-refractivity contribution in [3.05, 3.63) is 17.5 Å². The van der Waals surface area contributed by atoms with Gasteiger partial charge in [-0.1, -0.05) is 6.92 Å². The Morgan fingerprint density at radius 2 is 2.31 bits per heavy atom. The Labute approximate surface area is 98.2 Å². The Balaban J connectivity index is 2.75. The molecule has 1 rings (SSSR count). The molecule has 0 amide bonds. The van der Waals surface area contributed by atoms with Crippen LogP contribution in [0.15, 0.2) is 6.20 Å². The van der Waals surface area contributed by atoms with Gasteiger partial charge in [0.2, 0.25) is 0 Å². The fourth-order valence-electron chi connectivity index (χ4n) is 1.81. The van der Waals surface area contributed by atoms with Crippen molar-refractivity contribution in [2.45, 2.75) is 39.7 Å². The van der Waals surface area contributed by atoms with Gasteiger partial charge < -0.3 is 5.32 Å². The average molecular weight is 219 g/mol. The van der Waals surface area contributed by atoms with E-state index >= 15 is 0 Å². The summed E-state index contributed by atoms with van der Waals surface area (Å²) in [7, 11) is 1.98. The molecule has 1 heterocycles. The predicted molar refractivity (Wildman–Crippen MR) is 67.0 cm³/mol. The smallest absolute Gasteiger partial charge is 0.0540 e. The van der Waals surface area contributed by atoms with Crippen molar-refractivity contribution >= 4 is 0 Å². The molecule has 0 saturated carbocycles. The molecule has 1 unspecified atom stereocenters. The Kier molecular flexibility index (Phi) is 5.07. The van der Waals surface area contributed by atoms with Gasteiger partial charge in [-0.2, -0.15) is 5.10 Å². The second-order valence-corrected chi connectivity index (χ2v) is 3.88. The highest BCUT2D eigenvalue weighted by Crippen LogP contribution is 2.21. The highest BCUT2D eigenvalue weighted by atomic mass is 15.3. The lowest BCUT2D eigenvalue weighted by atomic mass is 10.0. The topological polar surface area (TPSA) is 29.9 Å². The summed E-state index contributed by atoms with van der Waals surface area (Å²) < 4.78 is 1.92. The first-order valence-electron chi connectivity index (χ1n) is 5.82. The third-order valence-electron chi connectivity index (χ3n) is 2.83. The van der Waals surface area contributed by atoms with Crippen LogP contribution >= 0.6 is 0 Å². The summed E-state index contributed by atoms with van der Waals surface area (Å²) in [5, 5.41) is 7.78. The standard InChI is InChI=1S/C13H21N3/c1-5-7-8-9-13(14-6-2)12-10-15-16(4)11(12)3/h10,13-14H,6,8-9H2,1-4H3. The molecule has 16 heavy (non-hydrogen) atoms. The summed E-state index contributed by atoms with van der Waals surface area (Å²) in [5.41, 5.74) is 2.53. The van der Waals surface area contributed by atoms with E-state index in [0.717, 1.165) is 19.4 Å². The van der Waals surface area contributed by atoms with Crippen LogP contribution in [0.1, 0.15) is 44.0 Å². The quantitative estimate of drug-likeness (QED) is 0.769. The van der Waals surface area contributed by atoms with Gasteiger partial charge in [0.25, 0.3) is 0 Å². The van der Waals surface area contributed by atoms with E-state index in [2.05, 4.69) is 36.1 Å². The molecule has 0 aliphatic heterocycles. The van der Waals surface area contributed by atoms with E-state index in [0.29, 0.717) is 6.04 Å². The van der Waals surface area contributed by atoms with Gasteiger partial charge in [0.1, 0.15) is 0 Å². The van der Waals surface area contributed by atoms with Gasteiger partial charge in [-0.3, -0.25) is 4.68 Å². The van der Waals surface area contributed by atoms with Gasteiger partial charge >= 0.3 is 0 Å². The molecule has 3 heteroatoms. The molecule has 0 aliphatic rings. The van der Waals surface area contributed by atoms with Crippen LogP contribution in [-0.4, -0.2) is 16.3 Å². The zero-order valence-electron chi connectivity index (χ0n) is 10.7. The van der Waals surface area contributed by atoms with Gasteiger partial charge in [-0.25, -0.2) is 0 Å². The number of hydrogen-bond donors (Lipinski definition) is 1. The van der Waals surface area contributed by atoms with Crippen molar-refractivity contribution in [2.24, 2.45) is 7.05 Å². The van der Waals surface area contributed by atoms with Crippen molar-refractivity contribution in [1.82, 2.24) is 15.1 Å². The van der Waals surface area contributed by atoms with E-state index < -0.39 is 0 Å². The summed E-state index contributed by atoms with van der Waals surface area (Å²) in [5.74, 6) is 6.05. The summed E-state index contributed by atoms with van der Waals surface area (Å²) in [6.07, 6.45) is 3.94. The summed E-state index contributed by atoms with van der Waals surface area (Å²) in [4.78, 5) is 0. The summed E-state index contributed by atoms with van der Waals surface area (Å²) >= 11 is 0. The lowest BCUT2D eigenvalue weighted by molar-refractivity contribution is 0.519. The molecule has 0 saturated heterocycles. The molecular formula is C13H21N3. The minimum absolute atomic E-state index is 0.375. The zero-order chi connectivity index (χ0) is 12.0. The highest BCUT2D eigenvalue weighted by molar-refractivity contribution is 5.20. The van der Waals surface area contributed by atoms with Gasteiger partial charge in [-0.05, 0) is 26.8 Å². The second kappa shape index (κ2) is 6.34. The number of nitrogens with zero attached hydrogens (tertiary/aromatic N) is 2. The normalized spacial score (nSPS) is 12.0. The van der Waals surface area contributed by atoms with Crippen molar-refractivity contribution in [3.8, 4) is 11.8 Å². The molecule has 3 nitrogen and oxygen atoms in total. The molecule has 0 aromatic carbocycles. The first-order valence-corrected chi connectivity index (χ1v) is 5.82. The van der Waals surface area contributed by atoms with Gasteiger partial charge in [0.05, 0.1) is 6.20 Å². The monoisotopic (exact) mass is 219 g/mol. The van der Waals surface area contributed by atoms with Crippen LogP contribution in [0.4, 0.5) is 0 Å². The third kappa shape index (κ3) is 3.11. The predicted octanol–water partition coefficient (Wildman–Crippen LogP) is 2.18. The largest absolute Gasteiger partial charge is 0.310 e. The van der Waals surface area contributed by atoms with Crippen molar-refractivity contribution < 1.29 is 0 Å². The number of rotatable bonds is 5. The Morgan fingerprint density at radius 1 is 1.56 bits per heavy atom. The zero-order valence-corrected chi connectivity index (χ0v) is 10.7. The third-order valence-corrected chi connectivity index (χ3v) is 2.83. The number of nitrogens with one attached hydrogen (secondary N) is 1. The van der Waals surface area contributed by atoms with E-state index in [4.69, 9.17) is 0 Å². The van der Waals surface area contributed by atoms with E-state index in [-0.39, 0.29) is 0 Å². The SMILES string of the molecule is CC#CCCC(NCC)c1cnn(C)c1C. The lowest BCUT2D eigenvalue weighted by Gasteiger charge is -2.16. The van der Waals surface area contributed by atoms with Crippen LogP contribution in [0.5, 0.6) is 0 Å². The van der Waals surface area contributed by atoms with E-state index in [9.17, 15) is 0 Å². The minimum Gasteiger partial charge on any atom is -0.310 e. The molecule has 0 bridgehead atoms. The Bertz CT molecular complexity index is 382. The van der Waals surface area contributed by atoms with Crippen LogP contribution in [0.2, 0.25) is 0 Å². The van der Waals surface area contributed by atoms with Crippen molar-refractivity contribution in [3.63, 3.8) is 0 Å². The number of aryl methyl sites for hydroxylation is 1. The first-order chi connectivity index (χ1) is 7.70. The maximum atomic E-state index is 4.29. The summed E-state index contributed by atoms with van der Waals surface area (Å²) in [6, 6.07) is 0.375. The molecule has 0 aliphatic carbocycles. The maximum Gasteiger partial charge on any atom is 0.0540 e. The maximum absolute atomic E-state index is 4.29. The molecular weight excluding hydrogens is 198 g/mol. The second-order valence-electron chi connectivity index (χ2n) is 3.88. The van der Waals surface area contributed by atoms with Crippen LogP contribution in [0.3, 0.4) is 0 Å². The highest BCUT2D eigenvalue weighted by Gasteiger charge is 2.14. The average Bonchev–Trinajstić information content (AvgIpc) is 2.59. The van der Waals surface area contributed by atoms with E-state index in [1.807, 2.05) is 24.9 Å². The van der Waals surface area contributed by atoms with Crippen LogP contribution in [-0.2, 0) is 7.05 Å². The first kappa shape index (κ1) is 12.8. The number of aromatic nitrogens is 2. The van der Waals surface area contributed by atoms with E-state index in [1.165, 1.54) is 11.3 Å². The molecule has 1 aromatic rings. The molecule has 88 valence electrons. The minimum atomic E-state index is 0.375.